The van der Waals surface area contributed by atoms with Crippen LogP contribution in [0.3, 0.4) is 0 Å². The zero-order chi connectivity index (χ0) is 13.7. The van der Waals surface area contributed by atoms with Crippen LogP contribution in [0.5, 0.6) is 0 Å². The number of carbonyl (C=O) groups is 1. The van der Waals surface area contributed by atoms with E-state index in [1.807, 2.05) is 18.3 Å². The van der Waals surface area contributed by atoms with Crippen LogP contribution in [-0.2, 0) is 21.3 Å². The zero-order valence-corrected chi connectivity index (χ0v) is 14.6. The summed E-state index contributed by atoms with van der Waals surface area (Å²) in [7, 11) is 1.39. The Morgan fingerprint density at radius 3 is 2.35 bits per heavy atom. The summed E-state index contributed by atoms with van der Waals surface area (Å²) < 4.78 is 3.22. The fourth-order valence-electron chi connectivity index (χ4n) is 1.04. The predicted octanol–water partition coefficient (Wildman–Crippen LogP) is 4.66. The first-order valence-corrected chi connectivity index (χ1v) is 11.2. The summed E-state index contributed by atoms with van der Waals surface area (Å²) >= 11 is 9.29. The van der Waals surface area contributed by atoms with Gasteiger partial charge in [0.1, 0.15) is 0 Å². The largest absolute Gasteiger partial charge is 0.466 e. The zero-order valence-electron chi connectivity index (χ0n) is 11.3. The van der Waals surface area contributed by atoms with E-state index in [0.717, 1.165) is 11.1 Å². The van der Waals surface area contributed by atoms with Gasteiger partial charge in [-0.1, -0.05) is 50.9 Å². The summed E-state index contributed by atoms with van der Waals surface area (Å²) in [4.78, 5) is 12.1. The lowest BCUT2D eigenvalue weighted by molar-refractivity contribution is -0.134. The molecule has 17 heavy (non-hydrogen) atoms. The maximum absolute atomic E-state index is 11.1. The van der Waals surface area contributed by atoms with E-state index in [2.05, 4.69) is 32.4 Å². The van der Waals surface area contributed by atoms with E-state index in [1.165, 1.54) is 13.2 Å². The molecule has 0 aromatic heterocycles. The molecule has 0 N–H and O–H groups in total. The minimum absolute atomic E-state index is 0.157. The van der Waals surface area contributed by atoms with Gasteiger partial charge in [-0.15, -0.1) is 11.4 Å². The Kier molecular flexibility index (Phi) is 7.46. The molecule has 1 unspecified atom stereocenters. The molecule has 6 heteroatoms. The molecular formula is C11H21O2PS3. The van der Waals surface area contributed by atoms with Gasteiger partial charge in [-0.3, -0.25) is 0 Å². The highest BCUT2D eigenvalue weighted by molar-refractivity contribution is 9.01. The fraction of sp³-hybridized carbons (Fsp3) is 0.727. The first-order chi connectivity index (χ1) is 7.62. The second-order valence-corrected chi connectivity index (χ2v) is 17.4. The molecule has 0 aromatic carbocycles. The highest BCUT2D eigenvalue weighted by Crippen LogP contribution is 2.74. The average Bonchev–Trinajstić information content (AvgIpc) is 2.14. The van der Waals surface area contributed by atoms with E-state index in [-0.39, 0.29) is 10.7 Å². The number of hydrogen-bond donors (Lipinski definition) is 0. The molecule has 0 bridgehead atoms. The summed E-state index contributed by atoms with van der Waals surface area (Å²) in [5.74, 6) is -0.312. The van der Waals surface area contributed by atoms with Crippen molar-refractivity contribution in [1.82, 2.24) is 0 Å². The molecule has 2 nitrogen and oxygen atoms in total. The molecule has 0 radical (unpaired) electrons. The SMILES string of the molecule is CCP(=S)(SC(C)=CC(=O)OC)SC(C)(C)C. The van der Waals surface area contributed by atoms with Crippen LogP contribution in [0.25, 0.3) is 0 Å². The Hall–Kier alpha value is 0.560. The second-order valence-electron chi connectivity index (χ2n) is 4.50. The van der Waals surface area contributed by atoms with Crippen molar-refractivity contribution in [2.45, 2.75) is 39.4 Å². The molecule has 0 aliphatic carbocycles. The molecule has 1 atom stereocenters. The van der Waals surface area contributed by atoms with Crippen molar-refractivity contribution in [3.63, 3.8) is 0 Å². The quantitative estimate of drug-likeness (QED) is 0.418. The van der Waals surface area contributed by atoms with Gasteiger partial charge in [0.05, 0.1) is 11.6 Å². The number of rotatable bonds is 5. The third kappa shape index (κ3) is 8.30. The van der Waals surface area contributed by atoms with E-state index < -0.39 is 4.44 Å². The van der Waals surface area contributed by atoms with Crippen LogP contribution < -0.4 is 0 Å². The van der Waals surface area contributed by atoms with Gasteiger partial charge in [-0.25, -0.2) is 4.79 Å². The number of methoxy groups -OCH3 is 1. The summed E-state index contributed by atoms with van der Waals surface area (Å²) in [6.45, 7) is 10.6. The second kappa shape index (κ2) is 7.22. The Bertz CT molecular complexity index is 345. The maximum atomic E-state index is 11.1. The summed E-state index contributed by atoms with van der Waals surface area (Å²) in [5.41, 5.74) is 0. The number of allylic oxidation sites excluding steroid dienone is 1. The van der Waals surface area contributed by atoms with Gasteiger partial charge >= 0.3 is 5.97 Å². The molecule has 0 spiro atoms. The lowest BCUT2D eigenvalue weighted by Crippen LogP contribution is -2.06. The van der Waals surface area contributed by atoms with E-state index in [9.17, 15) is 4.79 Å². The molecule has 0 saturated heterocycles. The van der Waals surface area contributed by atoms with Crippen molar-refractivity contribution < 1.29 is 9.53 Å². The van der Waals surface area contributed by atoms with E-state index in [1.54, 1.807) is 11.4 Å². The molecule has 0 heterocycles. The van der Waals surface area contributed by atoms with Crippen molar-refractivity contribution in [3.05, 3.63) is 11.0 Å². The summed E-state index contributed by atoms with van der Waals surface area (Å²) in [6, 6.07) is 0. The summed E-state index contributed by atoms with van der Waals surface area (Å²) in [5, 5.41) is 0. The van der Waals surface area contributed by atoms with Gasteiger partial charge in [0.15, 0.2) is 0 Å². The van der Waals surface area contributed by atoms with Crippen LogP contribution in [0.1, 0.15) is 34.6 Å². The first-order valence-electron chi connectivity index (χ1n) is 5.37. The Morgan fingerprint density at radius 2 is 2.00 bits per heavy atom. The number of carbonyl (C=O) groups excluding carboxylic acids is 1. The van der Waals surface area contributed by atoms with Crippen LogP contribution in [0, 0.1) is 0 Å². The first kappa shape index (κ1) is 17.6. The third-order valence-corrected chi connectivity index (χ3v) is 13.1. The van der Waals surface area contributed by atoms with Crippen LogP contribution in [0.2, 0.25) is 0 Å². The molecule has 0 saturated carbocycles. The normalized spacial score (nSPS) is 16.5. The molecule has 0 fully saturated rings. The smallest absolute Gasteiger partial charge is 0.331 e. The van der Waals surface area contributed by atoms with Crippen molar-refractivity contribution in [2.24, 2.45) is 0 Å². The fourth-order valence-corrected chi connectivity index (χ4v) is 14.1. The Balaban J connectivity index is 4.76. The van der Waals surface area contributed by atoms with E-state index in [0.29, 0.717) is 0 Å². The van der Waals surface area contributed by atoms with E-state index >= 15 is 0 Å². The van der Waals surface area contributed by atoms with Crippen LogP contribution in [-0.4, -0.2) is 24.0 Å². The van der Waals surface area contributed by atoms with Gasteiger partial charge in [-0.05, 0) is 18.0 Å². The van der Waals surface area contributed by atoms with E-state index in [4.69, 9.17) is 11.8 Å². The monoisotopic (exact) mass is 312 g/mol. The van der Waals surface area contributed by atoms with Crippen molar-refractivity contribution in [1.29, 1.82) is 0 Å². The van der Waals surface area contributed by atoms with Crippen molar-refractivity contribution in [2.75, 3.05) is 13.3 Å². The lowest BCUT2D eigenvalue weighted by Gasteiger charge is -2.27. The standard InChI is InChI=1S/C11H21O2PS3/c1-7-14(15,17-11(3,4)5)16-9(2)8-10(12)13-6/h8H,7H2,1-6H3. The number of esters is 1. The number of hydrogen-bond acceptors (Lipinski definition) is 5. The van der Waals surface area contributed by atoms with Crippen molar-refractivity contribution in [3.8, 4) is 0 Å². The molecular weight excluding hydrogens is 291 g/mol. The lowest BCUT2D eigenvalue weighted by atomic mass is 10.3. The Labute approximate surface area is 118 Å². The minimum Gasteiger partial charge on any atom is -0.466 e. The highest BCUT2D eigenvalue weighted by Gasteiger charge is 2.25. The maximum Gasteiger partial charge on any atom is 0.331 e. The van der Waals surface area contributed by atoms with Gasteiger partial charge in [0.2, 0.25) is 0 Å². The highest BCUT2D eigenvalue weighted by atomic mass is 33.2. The van der Waals surface area contributed by atoms with Gasteiger partial charge < -0.3 is 4.74 Å². The minimum atomic E-state index is -1.55. The van der Waals surface area contributed by atoms with Crippen LogP contribution >= 0.6 is 27.2 Å². The molecule has 0 amide bonds. The van der Waals surface area contributed by atoms with Gasteiger partial charge in [0, 0.05) is 10.8 Å². The average molecular weight is 312 g/mol. The predicted molar refractivity (Wildman–Crippen MR) is 85.5 cm³/mol. The number of ether oxygens (including phenoxy) is 1. The molecule has 0 aliphatic heterocycles. The van der Waals surface area contributed by atoms with Gasteiger partial charge in [0.25, 0.3) is 0 Å². The molecule has 100 valence electrons. The summed E-state index contributed by atoms with van der Waals surface area (Å²) in [6.07, 6.45) is 2.49. The topological polar surface area (TPSA) is 26.3 Å². The van der Waals surface area contributed by atoms with Crippen molar-refractivity contribution >= 4 is 45.0 Å². The van der Waals surface area contributed by atoms with Crippen LogP contribution in [0.15, 0.2) is 11.0 Å². The van der Waals surface area contributed by atoms with Gasteiger partial charge in [-0.2, -0.15) is 0 Å². The Morgan fingerprint density at radius 1 is 1.47 bits per heavy atom. The third-order valence-electron chi connectivity index (χ3n) is 1.61. The molecule has 0 aromatic rings. The van der Waals surface area contributed by atoms with Crippen LogP contribution in [0.4, 0.5) is 0 Å². The molecule has 0 aliphatic rings. The molecule has 0 rings (SSSR count).